The van der Waals surface area contributed by atoms with Gasteiger partial charge >= 0.3 is 42.1 Å². The third-order valence-corrected chi connectivity index (χ3v) is 16.5. The number of hydrogen-bond donors (Lipinski definition) is 0. The fourth-order valence-corrected chi connectivity index (χ4v) is 12.6. The monoisotopic (exact) mass is 1440 g/mol. The summed E-state index contributed by atoms with van der Waals surface area (Å²) < 4.78 is 4.42. The van der Waals surface area contributed by atoms with E-state index in [-0.39, 0.29) is 53.0 Å². The summed E-state index contributed by atoms with van der Waals surface area (Å²) in [7, 11) is 0. The van der Waals surface area contributed by atoms with E-state index >= 15 is 0 Å². The first-order valence-corrected chi connectivity index (χ1v) is 27.7. The molecule has 0 bridgehead atoms. The van der Waals surface area contributed by atoms with Crippen molar-refractivity contribution < 1.29 is 42.1 Å². The molecule has 0 fully saturated rings. The molecule has 0 aliphatic carbocycles. The predicted molar refractivity (Wildman–Crippen MR) is 333 cm³/mol. The van der Waals surface area contributed by atoms with Crippen LogP contribution in [0.25, 0.3) is 77.8 Å². The summed E-state index contributed by atoms with van der Waals surface area (Å²) in [5.41, 5.74) is 18.6. The number of hydrogen-bond acceptors (Lipinski definition) is 6. The van der Waals surface area contributed by atoms with E-state index in [0.29, 0.717) is 0 Å². The van der Waals surface area contributed by atoms with Gasteiger partial charge in [-0.15, -0.1) is 71.1 Å². The van der Waals surface area contributed by atoms with Crippen LogP contribution in [0.15, 0.2) is 243 Å². The average Bonchev–Trinajstić information content (AvgIpc) is 2.02. The molecule has 8 nitrogen and oxygen atoms in total. The number of pyridine rings is 4. The molecule has 0 saturated heterocycles. The van der Waals surface area contributed by atoms with Gasteiger partial charge < -0.3 is 28.9 Å². The largest absolute Gasteiger partial charge is 2.00 e. The number of para-hydroxylation sites is 5. The third kappa shape index (κ3) is 8.81. The first-order valence-electron chi connectivity index (χ1n) is 27.7. The third-order valence-electron chi connectivity index (χ3n) is 16.5. The number of anilines is 6. The summed E-state index contributed by atoms with van der Waals surface area (Å²) in [5, 5.41) is 4.66. The van der Waals surface area contributed by atoms with Gasteiger partial charge in [-0.1, -0.05) is 159 Å². The van der Waals surface area contributed by atoms with Crippen LogP contribution in [-0.2, 0) is 53.0 Å². The molecule has 0 spiro atoms. The number of nitrogens with zero attached hydrogens (tertiary/aromatic N) is 8. The zero-order valence-corrected chi connectivity index (χ0v) is 50.8. The normalized spacial score (nSPS) is 13.4. The topological polar surface area (TPSA) is 67.9 Å². The van der Waals surface area contributed by atoms with Gasteiger partial charge in [-0.2, -0.15) is 30.3 Å². The summed E-state index contributed by atoms with van der Waals surface area (Å²) in [4.78, 5) is 23.9. The Morgan fingerprint density at radius 1 is 0.369 bits per heavy atom. The second-order valence-electron chi connectivity index (χ2n) is 21.9. The summed E-state index contributed by atoms with van der Waals surface area (Å²) >= 11 is 0. The zero-order chi connectivity index (χ0) is 55.1. The van der Waals surface area contributed by atoms with Crippen molar-refractivity contribution >= 4 is 78.0 Å². The van der Waals surface area contributed by atoms with Gasteiger partial charge in [-0.25, -0.2) is 9.97 Å². The molecule has 0 N–H and O–H groups in total. The molecule has 10 heteroatoms. The van der Waals surface area contributed by atoms with Crippen molar-refractivity contribution in [2.24, 2.45) is 0 Å². The smallest absolute Gasteiger partial charge is 0.352 e. The summed E-state index contributed by atoms with van der Waals surface area (Å²) in [6.45, 7) is 9.16. The number of rotatable bonds is 6. The second kappa shape index (κ2) is 21.6. The first-order chi connectivity index (χ1) is 40.2. The molecule has 0 atom stereocenters. The van der Waals surface area contributed by atoms with Crippen LogP contribution in [-0.4, -0.2) is 29.1 Å². The van der Waals surface area contributed by atoms with Crippen molar-refractivity contribution in [3.8, 4) is 34.0 Å². The van der Waals surface area contributed by atoms with Gasteiger partial charge in [-0.05, 0) is 111 Å². The van der Waals surface area contributed by atoms with E-state index in [1.807, 2.05) is 73.2 Å². The molecule has 2 aliphatic rings. The molecule has 408 valence electrons. The number of fused-ring (bicyclic) bond motifs is 10. The SMILES string of the molecule is CC1(C)c2ccc(-c3ccccn3)[c-]c2N(c2[c-]c(-n3c4ccccc4c4cccnc43)ccc2)c2ccccc21.CC1(C)c2ccc(-c3ccccn3)[c-]c2N(c2cccc(-n3c4[c-]cccc4c4ccccc43)n2)c2ccccc21.[Pt+2].[Pt+2]. The van der Waals surface area contributed by atoms with E-state index in [1.165, 1.54) is 38.4 Å². The number of benzene rings is 8. The number of aromatic nitrogens is 6. The summed E-state index contributed by atoms with van der Waals surface area (Å²) in [5.74, 6) is 1.68. The second-order valence-corrected chi connectivity index (χ2v) is 21.9. The molecule has 2 aliphatic heterocycles. The minimum Gasteiger partial charge on any atom is -0.352 e. The van der Waals surface area contributed by atoms with Gasteiger partial charge in [-0.3, -0.25) is 0 Å². The van der Waals surface area contributed by atoms with Crippen molar-refractivity contribution in [2.75, 3.05) is 9.80 Å². The quantitative estimate of drug-likeness (QED) is 0.155. The van der Waals surface area contributed by atoms with Crippen LogP contribution >= 0.6 is 0 Å². The van der Waals surface area contributed by atoms with E-state index < -0.39 is 0 Å². The Bertz CT molecular complexity index is 4390. The van der Waals surface area contributed by atoms with Crippen molar-refractivity contribution in [3.05, 3.63) is 290 Å². The maximum absolute atomic E-state index is 5.32. The van der Waals surface area contributed by atoms with Crippen LogP contribution in [0.2, 0.25) is 0 Å². The fraction of sp³-hybridized carbons (Fsp3) is 0.0811. The molecule has 8 aromatic carbocycles. The van der Waals surface area contributed by atoms with Crippen molar-refractivity contribution in [3.63, 3.8) is 0 Å². The summed E-state index contributed by atoms with van der Waals surface area (Å²) in [6, 6.07) is 92.6. The maximum Gasteiger partial charge on any atom is 2.00 e. The molecule has 84 heavy (non-hydrogen) atoms. The molecule has 8 heterocycles. The van der Waals surface area contributed by atoms with Crippen LogP contribution in [0.1, 0.15) is 49.9 Å². The van der Waals surface area contributed by atoms with Crippen LogP contribution in [0, 0.1) is 24.3 Å². The van der Waals surface area contributed by atoms with Gasteiger partial charge in [0.05, 0.1) is 5.52 Å². The molecule has 0 radical (unpaired) electrons. The van der Waals surface area contributed by atoms with Crippen LogP contribution < -0.4 is 9.80 Å². The minimum absolute atomic E-state index is 0. The van der Waals surface area contributed by atoms with E-state index in [2.05, 4.69) is 251 Å². The molecular weight excluding hydrogens is 1390 g/mol. The maximum atomic E-state index is 5.32. The van der Waals surface area contributed by atoms with Gasteiger partial charge in [0.1, 0.15) is 17.3 Å². The van der Waals surface area contributed by atoms with Crippen LogP contribution in [0.5, 0.6) is 0 Å². The Hall–Kier alpha value is -9.06. The molecule has 16 rings (SSSR count). The van der Waals surface area contributed by atoms with Crippen molar-refractivity contribution in [2.45, 2.75) is 38.5 Å². The Balaban J connectivity index is 0.000000153. The Labute approximate surface area is 517 Å². The van der Waals surface area contributed by atoms with Gasteiger partial charge in [0.25, 0.3) is 0 Å². The van der Waals surface area contributed by atoms with Gasteiger partial charge in [0.15, 0.2) is 0 Å². The van der Waals surface area contributed by atoms with Crippen molar-refractivity contribution in [1.82, 2.24) is 29.1 Å². The molecule has 0 amide bonds. The minimum atomic E-state index is -0.207. The van der Waals surface area contributed by atoms with Crippen molar-refractivity contribution in [1.29, 1.82) is 0 Å². The molecule has 0 unspecified atom stereocenters. The zero-order valence-electron chi connectivity index (χ0n) is 46.3. The van der Waals surface area contributed by atoms with Gasteiger partial charge in [0, 0.05) is 46.3 Å². The Kier molecular flexibility index (Phi) is 13.9. The summed E-state index contributed by atoms with van der Waals surface area (Å²) in [6.07, 6.45) is 5.51. The van der Waals surface area contributed by atoms with Crippen LogP contribution in [0.4, 0.5) is 34.3 Å². The van der Waals surface area contributed by atoms with Crippen LogP contribution in [0.3, 0.4) is 0 Å². The predicted octanol–water partition coefficient (Wildman–Crippen LogP) is 17.9. The molecule has 6 aromatic heterocycles. The molecular formula is C74H52N8Pt2. The van der Waals surface area contributed by atoms with Gasteiger partial charge in [0.2, 0.25) is 0 Å². The molecule has 0 saturated carbocycles. The first kappa shape index (κ1) is 54.2. The van der Waals surface area contributed by atoms with E-state index in [0.717, 1.165) is 95.9 Å². The Morgan fingerprint density at radius 2 is 0.881 bits per heavy atom. The fourth-order valence-electron chi connectivity index (χ4n) is 12.6. The standard InChI is InChI=1S/2C37H26N4.2Pt/c1-37(2)28-14-5-8-18-33(28)41(34-24-25(21-22-29(34)37)30-15-9-10-23-38-30)36-20-11-19-35(39-36)40-31-16-6-3-12-26(31)27-13-4-7-17-32(27)40;1-37(2)30-15-4-6-18-34(30)40(35-23-25(19-20-31(35)37)32-16-7-8-21-38-32)26-11-9-12-27(24-26)41-33-17-5-3-13-28(33)29-14-10-22-39-36(29)41;;/h3-16,18-23H,1-2H3;3-22H,1-2H3;;/q2*-2;2*+2. The molecule has 14 aromatic rings. The van der Waals surface area contributed by atoms with E-state index in [1.54, 1.807) is 0 Å². The average molecular weight is 1440 g/mol. The van der Waals surface area contributed by atoms with E-state index in [4.69, 9.17) is 9.97 Å². The van der Waals surface area contributed by atoms with E-state index in [9.17, 15) is 0 Å². The Morgan fingerprint density at radius 3 is 1.54 bits per heavy atom.